The first-order valence-electron chi connectivity index (χ1n) is 1.70. The number of nitrogens with zero attached hydrogens (tertiary/aromatic N) is 1. The van der Waals surface area contributed by atoms with Gasteiger partial charge in [-0.25, -0.2) is 4.99 Å². The Kier molecular flexibility index (Phi) is 1.91. The Balaban J connectivity index is 3.81. The van der Waals surface area contributed by atoms with Crippen molar-refractivity contribution in [1.29, 1.82) is 0 Å². The average Bonchev–Trinajstić information content (AvgIpc) is 1.65. The first kappa shape index (κ1) is 6.01. The van der Waals surface area contributed by atoms with Gasteiger partial charge in [0.05, 0.1) is 0 Å². The molecule has 1 amide bonds. The SMILES string of the molecule is C=NC(=O)C(C)=O. The van der Waals surface area contributed by atoms with Gasteiger partial charge in [-0.3, -0.25) is 9.59 Å². The molecule has 3 nitrogen and oxygen atoms in total. The van der Waals surface area contributed by atoms with E-state index in [4.69, 9.17) is 0 Å². The van der Waals surface area contributed by atoms with Crippen molar-refractivity contribution in [1.82, 2.24) is 0 Å². The van der Waals surface area contributed by atoms with Gasteiger partial charge in [0.2, 0.25) is 5.78 Å². The summed E-state index contributed by atoms with van der Waals surface area (Å²) in [7, 11) is 0. The number of Topliss-reactive ketones (excluding diaryl/α,β-unsaturated/α-hetero) is 1. The predicted octanol–water partition coefficient (Wildman–Crippen LogP) is -0.197. The Bertz CT molecular complexity index is 117. The van der Waals surface area contributed by atoms with E-state index in [0.29, 0.717) is 0 Å². The highest BCUT2D eigenvalue weighted by molar-refractivity contribution is 6.36. The van der Waals surface area contributed by atoms with Crippen LogP contribution in [0.2, 0.25) is 0 Å². The molecule has 0 aliphatic heterocycles. The second-order valence-electron chi connectivity index (χ2n) is 1.02. The van der Waals surface area contributed by atoms with Crippen LogP contribution in [0.5, 0.6) is 0 Å². The molecule has 0 saturated carbocycles. The van der Waals surface area contributed by atoms with Crippen molar-refractivity contribution in [3.8, 4) is 0 Å². The highest BCUT2D eigenvalue weighted by Crippen LogP contribution is 1.71. The molecule has 0 atom stereocenters. The number of hydrogen-bond donors (Lipinski definition) is 0. The Hall–Kier alpha value is -0.990. The van der Waals surface area contributed by atoms with Crippen LogP contribution in [-0.2, 0) is 9.59 Å². The minimum Gasteiger partial charge on any atom is -0.289 e. The number of aliphatic imine (C=N–C) groups is 1. The van der Waals surface area contributed by atoms with E-state index in [9.17, 15) is 9.59 Å². The molecule has 38 valence electrons. The van der Waals surface area contributed by atoms with Crippen molar-refractivity contribution in [3.05, 3.63) is 0 Å². The van der Waals surface area contributed by atoms with E-state index in [2.05, 4.69) is 11.7 Å². The largest absolute Gasteiger partial charge is 0.312 e. The quantitative estimate of drug-likeness (QED) is 0.337. The van der Waals surface area contributed by atoms with Gasteiger partial charge in [0, 0.05) is 6.92 Å². The minimum absolute atomic E-state index is 0.574. The normalized spacial score (nSPS) is 7.57. The summed E-state index contributed by atoms with van der Waals surface area (Å²) in [5, 5.41) is 0. The standard InChI is InChI=1S/C4H5NO2/c1-3(6)4(7)5-2/h2H2,1H3. The van der Waals surface area contributed by atoms with E-state index in [0.717, 1.165) is 6.92 Å². The number of ketones is 1. The molecule has 0 unspecified atom stereocenters. The van der Waals surface area contributed by atoms with Gasteiger partial charge in [-0.15, -0.1) is 0 Å². The van der Waals surface area contributed by atoms with Crippen LogP contribution in [0, 0.1) is 0 Å². The summed E-state index contributed by atoms with van der Waals surface area (Å²) in [5.74, 6) is -1.35. The van der Waals surface area contributed by atoms with E-state index in [1.165, 1.54) is 0 Å². The maximum absolute atomic E-state index is 9.93. The number of hydrogen-bond acceptors (Lipinski definition) is 2. The van der Waals surface area contributed by atoms with Gasteiger partial charge in [-0.1, -0.05) is 0 Å². The zero-order chi connectivity index (χ0) is 5.86. The molecule has 0 aliphatic carbocycles. The fourth-order valence-corrected chi connectivity index (χ4v) is 0.111. The number of rotatable bonds is 1. The van der Waals surface area contributed by atoms with Gasteiger partial charge in [-0.2, -0.15) is 0 Å². The van der Waals surface area contributed by atoms with Gasteiger partial charge in [-0.05, 0) is 6.72 Å². The van der Waals surface area contributed by atoms with E-state index < -0.39 is 11.7 Å². The lowest BCUT2D eigenvalue weighted by Crippen LogP contribution is -2.03. The maximum Gasteiger partial charge on any atom is 0.312 e. The van der Waals surface area contributed by atoms with Crippen molar-refractivity contribution >= 4 is 18.4 Å². The molecule has 7 heavy (non-hydrogen) atoms. The zero-order valence-corrected chi connectivity index (χ0v) is 3.97. The highest BCUT2D eigenvalue weighted by atomic mass is 16.2. The maximum atomic E-state index is 9.93. The Labute approximate surface area is 41.1 Å². The topological polar surface area (TPSA) is 46.5 Å². The van der Waals surface area contributed by atoms with Crippen molar-refractivity contribution in [2.45, 2.75) is 6.92 Å². The summed E-state index contributed by atoms with van der Waals surface area (Å²) in [5.41, 5.74) is 0. The molecule has 0 radical (unpaired) electrons. The molecule has 0 saturated heterocycles. The molecular weight excluding hydrogens is 94.0 g/mol. The third kappa shape index (κ3) is 1.81. The molecule has 0 aromatic carbocycles. The van der Waals surface area contributed by atoms with Crippen LogP contribution < -0.4 is 0 Å². The monoisotopic (exact) mass is 99.0 g/mol. The van der Waals surface area contributed by atoms with Gasteiger partial charge in [0.25, 0.3) is 0 Å². The molecule has 0 N–H and O–H groups in total. The van der Waals surface area contributed by atoms with Crippen molar-refractivity contribution in [2.24, 2.45) is 4.99 Å². The van der Waals surface area contributed by atoms with Crippen LogP contribution in [-0.4, -0.2) is 18.4 Å². The summed E-state index contributed by atoms with van der Waals surface area (Å²) in [6.45, 7) is 4.01. The smallest absolute Gasteiger partial charge is 0.289 e. The van der Waals surface area contributed by atoms with E-state index in [1.54, 1.807) is 0 Å². The zero-order valence-electron chi connectivity index (χ0n) is 3.97. The molecule has 0 rings (SSSR count). The minimum atomic E-state index is -0.778. The van der Waals surface area contributed by atoms with Gasteiger partial charge in [0.1, 0.15) is 0 Å². The fourth-order valence-electron chi connectivity index (χ4n) is 0.111. The van der Waals surface area contributed by atoms with Crippen LogP contribution in [0.1, 0.15) is 6.92 Å². The van der Waals surface area contributed by atoms with Crippen LogP contribution in [0.15, 0.2) is 4.99 Å². The molecular formula is C4H5NO2. The van der Waals surface area contributed by atoms with Crippen LogP contribution >= 0.6 is 0 Å². The Morgan fingerprint density at radius 1 is 1.57 bits per heavy atom. The number of carbonyl (C=O) groups is 2. The lowest BCUT2D eigenvalue weighted by molar-refractivity contribution is -0.134. The summed E-state index contributed by atoms with van der Waals surface area (Å²) in [6.07, 6.45) is 0. The van der Waals surface area contributed by atoms with E-state index in [-0.39, 0.29) is 0 Å². The summed E-state index contributed by atoms with van der Waals surface area (Å²) >= 11 is 0. The van der Waals surface area contributed by atoms with E-state index in [1.807, 2.05) is 0 Å². The number of amides is 1. The average molecular weight is 99.1 g/mol. The molecule has 3 heteroatoms. The molecule has 0 aliphatic rings. The van der Waals surface area contributed by atoms with Crippen LogP contribution in [0.4, 0.5) is 0 Å². The second-order valence-corrected chi connectivity index (χ2v) is 1.02. The van der Waals surface area contributed by atoms with Crippen molar-refractivity contribution < 1.29 is 9.59 Å². The van der Waals surface area contributed by atoms with Gasteiger partial charge < -0.3 is 0 Å². The molecule has 0 bridgehead atoms. The summed E-state index contributed by atoms with van der Waals surface area (Å²) < 4.78 is 0. The van der Waals surface area contributed by atoms with Gasteiger partial charge >= 0.3 is 5.91 Å². The third-order valence-corrected chi connectivity index (χ3v) is 0.445. The molecule has 0 heterocycles. The fraction of sp³-hybridized carbons (Fsp3) is 0.250. The van der Waals surface area contributed by atoms with Crippen molar-refractivity contribution in [2.75, 3.05) is 0 Å². The van der Waals surface area contributed by atoms with Crippen LogP contribution in [0.25, 0.3) is 0 Å². The summed E-state index contributed by atoms with van der Waals surface area (Å²) in [4.78, 5) is 22.7. The van der Waals surface area contributed by atoms with Crippen LogP contribution in [0.3, 0.4) is 0 Å². The molecule has 0 aromatic rings. The predicted molar refractivity (Wildman–Crippen MR) is 25.2 cm³/mol. The number of carbonyl (C=O) groups excluding carboxylic acids is 2. The lowest BCUT2D eigenvalue weighted by atomic mass is 10.4. The Morgan fingerprint density at radius 3 is 2.00 bits per heavy atom. The first-order chi connectivity index (χ1) is 3.18. The lowest BCUT2D eigenvalue weighted by Gasteiger charge is -1.76. The third-order valence-electron chi connectivity index (χ3n) is 0.445. The molecule has 0 aromatic heterocycles. The molecule has 0 spiro atoms. The second kappa shape index (κ2) is 2.23. The Morgan fingerprint density at radius 2 is 2.00 bits per heavy atom. The van der Waals surface area contributed by atoms with Crippen molar-refractivity contribution in [3.63, 3.8) is 0 Å². The van der Waals surface area contributed by atoms with Gasteiger partial charge in [0.15, 0.2) is 0 Å². The first-order valence-corrected chi connectivity index (χ1v) is 1.70. The van der Waals surface area contributed by atoms with E-state index >= 15 is 0 Å². The summed E-state index contributed by atoms with van der Waals surface area (Å²) in [6, 6.07) is 0. The highest BCUT2D eigenvalue weighted by Gasteiger charge is 2.00. The molecule has 0 fully saturated rings.